The van der Waals surface area contributed by atoms with E-state index in [1.54, 1.807) is 37.2 Å². The fourth-order valence-corrected chi connectivity index (χ4v) is 3.90. The topological polar surface area (TPSA) is 95.9 Å². The number of hydrogen-bond acceptors (Lipinski definition) is 5. The zero-order valence-electron chi connectivity index (χ0n) is 13.9. The number of nitrogens with zero attached hydrogens (tertiary/aromatic N) is 1. The second-order valence-electron chi connectivity index (χ2n) is 5.41. The van der Waals surface area contributed by atoms with Crippen LogP contribution in [-0.2, 0) is 14.8 Å². The summed E-state index contributed by atoms with van der Waals surface area (Å²) >= 11 is 12.1. The van der Waals surface area contributed by atoms with Crippen molar-refractivity contribution in [1.29, 1.82) is 0 Å². The maximum absolute atomic E-state index is 12.7. The van der Waals surface area contributed by atoms with Gasteiger partial charge in [-0.05, 0) is 30.3 Å². The van der Waals surface area contributed by atoms with E-state index >= 15 is 0 Å². The average Bonchev–Trinajstić information content (AvgIpc) is 2.52. The second-order valence-corrected chi connectivity index (χ2v) is 7.91. The molecule has 2 N–H and O–H groups in total. The molecule has 0 radical (unpaired) electrons. The van der Waals surface area contributed by atoms with Crippen LogP contribution in [0.1, 0.15) is 0 Å². The van der Waals surface area contributed by atoms with Crippen LogP contribution in [0.25, 0.3) is 0 Å². The number of hydrogen-bond donors (Lipinski definition) is 2. The van der Waals surface area contributed by atoms with Crippen LogP contribution in [0.3, 0.4) is 0 Å². The Morgan fingerprint density at radius 3 is 2.46 bits per heavy atom. The van der Waals surface area contributed by atoms with E-state index in [0.29, 0.717) is 16.4 Å². The first-order chi connectivity index (χ1) is 12.1. The predicted molar refractivity (Wildman–Crippen MR) is 101 cm³/mol. The van der Waals surface area contributed by atoms with Gasteiger partial charge in [0.25, 0.3) is 10.0 Å². The minimum atomic E-state index is -3.95. The monoisotopic (exact) mass is 418 g/mol. The van der Waals surface area contributed by atoms with Gasteiger partial charge in [-0.1, -0.05) is 29.3 Å². The van der Waals surface area contributed by atoms with Crippen LogP contribution in [0.5, 0.6) is 5.75 Å². The molecule has 0 amide bonds. The lowest BCUT2D eigenvalue weighted by molar-refractivity contribution is -0.139. The molecule has 0 aliphatic carbocycles. The molecule has 2 aromatic carbocycles. The summed E-state index contributed by atoms with van der Waals surface area (Å²) < 4.78 is 32.8. The Kier molecular flexibility index (Phi) is 6.22. The van der Waals surface area contributed by atoms with Crippen LogP contribution < -0.4 is 14.4 Å². The Labute approximate surface area is 161 Å². The van der Waals surface area contributed by atoms with Crippen molar-refractivity contribution in [2.45, 2.75) is 4.90 Å². The van der Waals surface area contributed by atoms with E-state index in [-0.39, 0.29) is 15.7 Å². The van der Waals surface area contributed by atoms with Gasteiger partial charge in [0.2, 0.25) is 0 Å². The molecule has 0 unspecified atom stereocenters. The molecule has 2 aromatic rings. The van der Waals surface area contributed by atoms with Gasteiger partial charge in [0.15, 0.2) is 6.61 Å². The normalized spacial score (nSPS) is 11.1. The van der Waals surface area contributed by atoms with E-state index in [2.05, 4.69) is 4.72 Å². The van der Waals surface area contributed by atoms with Gasteiger partial charge in [0.1, 0.15) is 5.75 Å². The maximum Gasteiger partial charge on any atom is 0.341 e. The molecule has 0 saturated carbocycles. The average molecular weight is 419 g/mol. The van der Waals surface area contributed by atoms with Crippen molar-refractivity contribution < 1.29 is 23.1 Å². The Hall–Kier alpha value is -2.16. The predicted octanol–water partition coefficient (Wildman–Crippen LogP) is 3.32. The highest BCUT2D eigenvalue weighted by atomic mass is 35.5. The van der Waals surface area contributed by atoms with E-state index in [1.807, 2.05) is 0 Å². The number of carbonyl (C=O) groups is 1. The van der Waals surface area contributed by atoms with E-state index in [9.17, 15) is 13.2 Å². The van der Waals surface area contributed by atoms with Crippen molar-refractivity contribution in [3.63, 3.8) is 0 Å². The minimum absolute atomic E-state index is 0.0203. The summed E-state index contributed by atoms with van der Waals surface area (Å²) in [4.78, 5) is 12.1. The molecule has 7 nitrogen and oxygen atoms in total. The number of rotatable bonds is 7. The summed E-state index contributed by atoms with van der Waals surface area (Å²) in [5.41, 5.74) is 0.829. The number of nitrogens with one attached hydrogen (secondary N) is 1. The molecule has 0 heterocycles. The van der Waals surface area contributed by atoms with Crippen LogP contribution >= 0.6 is 23.2 Å². The van der Waals surface area contributed by atoms with Gasteiger partial charge in [-0.15, -0.1) is 0 Å². The molecule has 0 aliphatic heterocycles. The van der Waals surface area contributed by atoms with Gasteiger partial charge >= 0.3 is 5.97 Å². The summed E-state index contributed by atoms with van der Waals surface area (Å²) in [6, 6.07) is 8.62. The summed E-state index contributed by atoms with van der Waals surface area (Å²) in [7, 11) is -0.467. The summed E-state index contributed by atoms with van der Waals surface area (Å²) in [5.74, 6) is -1.10. The third-order valence-electron chi connectivity index (χ3n) is 3.24. The highest BCUT2D eigenvalue weighted by molar-refractivity contribution is 7.92. The van der Waals surface area contributed by atoms with Crippen molar-refractivity contribution in [2.24, 2.45) is 0 Å². The number of aliphatic carboxylic acids is 1. The molecule has 0 aromatic heterocycles. The van der Waals surface area contributed by atoms with Gasteiger partial charge in [0, 0.05) is 14.1 Å². The van der Waals surface area contributed by atoms with Gasteiger partial charge in [-0.25, -0.2) is 13.2 Å². The van der Waals surface area contributed by atoms with Gasteiger partial charge in [0.05, 0.1) is 26.3 Å². The van der Waals surface area contributed by atoms with Crippen LogP contribution in [0, 0.1) is 0 Å². The Bertz CT molecular complexity index is 932. The first-order valence-corrected chi connectivity index (χ1v) is 9.48. The summed E-state index contributed by atoms with van der Waals surface area (Å²) in [5, 5.41) is 8.99. The first kappa shape index (κ1) is 20.2. The SMILES string of the molecule is CN(C)c1c(Cl)cccc1NS(=O)(=O)c1ccc(OCC(=O)O)c(Cl)c1. The molecule has 26 heavy (non-hydrogen) atoms. The minimum Gasteiger partial charge on any atom is -0.480 e. The van der Waals surface area contributed by atoms with E-state index < -0.39 is 22.6 Å². The number of para-hydroxylation sites is 1. The standard InChI is InChI=1S/C16H16Cl2N2O5S/c1-20(2)16-11(17)4-3-5-13(16)19-26(23,24)10-6-7-14(12(18)8-10)25-9-15(21)22/h3-8,19H,9H2,1-2H3,(H,21,22). The summed E-state index contributed by atoms with van der Waals surface area (Å²) in [6.45, 7) is -0.585. The van der Waals surface area contributed by atoms with Crippen molar-refractivity contribution in [3.05, 3.63) is 46.4 Å². The number of carboxylic acids is 1. The lowest BCUT2D eigenvalue weighted by Gasteiger charge is -2.20. The number of carboxylic acid groups (broad SMARTS) is 1. The fraction of sp³-hybridized carbons (Fsp3) is 0.188. The lowest BCUT2D eigenvalue weighted by Crippen LogP contribution is -2.17. The third kappa shape index (κ3) is 4.72. The molecule has 0 fully saturated rings. The first-order valence-electron chi connectivity index (χ1n) is 7.24. The quantitative estimate of drug-likeness (QED) is 0.715. The summed E-state index contributed by atoms with van der Waals surface area (Å²) in [6.07, 6.45) is 0. The van der Waals surface area contributed by atoms with Gasteiger partial charge < -0.3 is 14.7 Å². The molecule has 0 spiro atoms. The van der Waals surface area contributed by atoms with Gasteiger partial charge in [-0.2, -0.15) is 0 Å². The van der Waals surface area contributed by atoms with E-state index in [4.69, 9.17) is 33.0 Å². The van der Waals surface area contributed by atoms with Crippen LogP contribution in [-0.4, -0.2) is 40.2 Å². The molecular weight excluding hydrogens is 403 g/mol. The van der Waals surface area contributed by atoms with Crippen LogP contribution in [0.4, 0.5) is 11.4 Å². The Balaban J connectivity index is 2.33. The Morgan fingerprint density at radius 1 is 1.19 bits per heavy atom. The molecule has 0 bridgehead atoms. The van der Waals surface area contributed by atoms with E-state index in [1.165, 1.54) is 18.2 Å². The van der Waals surface area contributed by atoms with Crippen molar-refractivity contribution >= 4 is 50.6 Å². The van der Waals surface area contributed by atoms with Crippen molar-refractivity contribution in [3.8, 4) is 5.75 Å². The molecule has 0 aliphatic rings. The largest absolute Gasteiger partial charge is 0.480 e. The third-order valence-corrected chi connectivity index (χ3v) is 5.21. The molecule has 140 valence electrons. The fourth-order valence-electron chi connectivity index (χ4n) is 2.16. The second kappa shape index (κ2) is 8.03. The molecular formula is C16H16Cl2N2O5S. The zero-order chi connectivity index (χ0) is 19.5. The number of benzene rings is 2. The highest BCUT2D eigenvalue weighted by Crippen LogP contribution is 2.34. The number of ether oxygens (including phenoxy) is 1. The lowest BCUT2D eigenvalue weighted by atomic mass is 10.2. The molecule has 2 rings (SSSR count). The molecule has 0 atom stereocenters. The van der Waals surface area contributed by atoms with Gasteiger partial charge in [-0.3, -0.25) is 4.72 Å². The Morgan fingerprint density at radius 2 is 1.88 bits per heavy atom. The van der Waals surface area contributed by atoms with Crippen LogP contribution in [0.15, 0.2) is 41.3 Å². The number of anilines is 2. The smallest absolute Gasteiger partial charge is 0.341 e. The zero-order valence-corrected chi connectivity index (χ0v) is 16.2. The van der Waals surface area contributed by atoms with Crippen molar-refractivity contribution in [1.82, 2.24) is 0 Å². The van der Waals surface area contributed by atoms with Crippen LogP contribution in [0.2, 0.25) is 10.0 Å². The van der Waals surface area contributed by atoms with E-state index in [0.717, 1.165) is 0 Å². The number of sulfonamides is 1. The molecule has 0 saturated heterocycles. The van der Waals surface area contributed by atoms with Crippen molar-refractivity contribution in [2.75, 3.05) is 30.3 Å². The maximum atomic E-state index is 12.7. The number of halogens is 2. The molecule has 10 heteroatoms. The highest BCUT2D eigenvalue weighted by Gasteiger charge is 2.20.